The van der Waals surface area contributed by atoms with Gasteiger partial charge in [-0.3, -0.25) is 0 Å². The van der Waals surface area contributed by atoms with Crippen molar-refractivity contribution in [2.24, 2.45) is 0 Å². The van der Waals surface area contributed by atoms with Crippen molar-refractivity contribution in [3.05, 3.63) is 36.2 Å². The van der Waals surface area contributed by atoms with E-state index in [1.165, 1.54) is 6.07 Å². The molecule has 0 amide bonds. The summed E-state index contributed by atoms with van der Waals surface area (Å²) < 4.78 is 13.3. The highest BCUT2D eigenvalue weighted by atomic mass is 19.1. The summed E-state index contributed by atoms with van der Waals surface area (Å²) in [6.07, 6.45) is 0. The van der Waals surface area contributed by atoms with Crippen molar-refractivity contribution in [2.45, 2.75) is 13.7 Å². The van der Waals surface area contributed by atoms with Gasteiger partial charge in [-0.1, -0.05) is 31.1 Å². The molecule has 0 aliphatic heterocycles. The molecule has 13 heavy (non-hydrogen) atoms. The Morgan fingerprint density at radius 2 is 2.15 bits per heavy atom. The number of benzene rings is 1. The van der Waals surface area contributed by atoms with Crippen molar-refractivity contribution in [1.82, 2.24) is 0 Å². The average Bonchev–Trinajstić information content (AvgIpc) is 2.02. The van der Waals surface area contributed by atoms with Gasteiger partial charge in [0.15, 0.2) is 0 Å². The predicted octanol–water partition coefficient (Wildman–Crippen LogP) is 1.68. The van der Waals surface area contributed by atoms with E-state index in [1.807, 2.05) is 0 Å². The molecule has 0 heterocycles. The standard InChI is InChI=1S/C10H12BFO/c1-7(2)8-5-4-6-9(12)10(8)11(3)13/h4-6,13H,1H2,2-3H3. The van der Waals surface area contributed by atoms with Crippen molar-refractivity contribution in [3.8, 4) is 0 Å². The first-order valence-corrected chi connectivity index (χ1v) is 4.16. The molecule has 1 nitrogen and oxygen atoms in total. The second-order valence-electron chi connectivity index (χ2n) is 3.16. The SMILES string of the molecule is C=C(C)c1cccc(F)c1B(C)O. The van der Waals surface area contributed by atoms with Crippen LogP contribution in [-0.4, -0.2) is 11.9 Å². The summed E-state index contributed by atoms with van der Waals surface area (Å²) in [5, 5.41) is 9.35. The van der Waals surface area contributed by atoms with E-state index in [4.69, 9.17) is 0 Å². The van der Waals surface area contributed by atoms with Crippen LogP contribution >= 0.6 is 0 Å². The van der Waals surface area contributed by atoms with Gasteiger partial charge in [-0.2, -0.15) is 0 Å². The van der Waals surface area contributed by atoms with Crippen molar-refractivity contribution < 1.29 is 9.41 Å². The fraction of sp³-hybridized carbons (Fsp3) is 0.200. The molecule has 0 aliphatic carbocycles. The van der Waals surface area contributed by atoms with Crippen LogP contribution < -0.4 is 5.46 Å². The van der Waals surface area contributed by atoms with Crippen LogP contribution in [0, 0.1) is 5.82 Å². The molecule has 1 aromatic rings. The topological polar surface area (TPSA) is 20.2 Å². The molecule has 0 spiro atoms. The lowest BCUT2D eigenvalue weighted by Crippen LogP contribution is -2.32. The number of rotatable bonds is 2. The van der Waals surface area contributed by atoms with Crippen molar-refractivity contribution in [3.63, 3.8) is 0 Å². The quantitative estimate of drug-likeness (QED) is 0.683. The molecule has 0 fully saturated rings. The minimum atomic E-state index is -0.798. The molecule has 1 aromatic carbocycles. The Bertz CT molecular complexity index is 334. The Hall–Kier alpha value is -1.09. The van der Waals surface area contributed by atoms with Gasteiger partial charge < -0.3 is 5.02 Å². The first-order chi connectivity index (χ1) is 6.04. The van der Waals surface area contributed by atoms with E-state index in [1.54, 1.807) is 25.9 Å². The summed E-state index contributed by atoms with van der Waals surface area (Å²) in [6, 6.07) is 4.72. The summed E-state index contributed by atoms with van der Waals surface area (Å²) in [4.78, 5) is 0. The molecular formula is C10H12BFO. The number of hydrogen-bond donors (Lipinski definition) is 1. The normalized spacial score (nSPS) is 9.85. The van der Waals surface area contributed by atoms with E-state index in [-0.39, 0.29) is 5.82 Å². The van der Waals surface area contributed by atoms with Crippen LogP contribution in [0.2, 0.25) is 6.82 Å². The lowest BCUT2D eigenvalue weighted by atomic mass is 9.61. The van der Waals surface area contributed by atoms with E-state index in [2.05, 4.69) is 6.58 Å². The maximum Gasteiger partial charge on any atom is 0.323 e. The van der Waals surface area contributed by atoms with Gasteiger partial charge in [-0.25, -0.2) is 4.39 Å². The van der Waals surface area contributed by atoms with Crippen LogP contribution in [0.5, 0.6) is 0 Å². The highest BCUT2D eigenvalue weighted by Gasteiger charge is 2.16. The molecule has 1 rings (SSSR count). The third kappa shape index (κ3) is 1.98. The van der Waals surface area contributed by atoms with Gasteiger partial charge in [-0.05, 0) is 24.0 Å². The lowest BCUT2D eigenvalue weighted by Gasteiger charge is -2.10. The molecule has 0 aliphatic rings. The van der Waals surface area contributed by atoms with Gasteiger partial charge in [0.2, 0.25) is 0 Å². The maximum absolute atomic E-state index is 13.3. The van der Waals surface area contributed by atoms with Gasteiger partial charge in [0.1, 0.15) is 5.82 Å². The second-order valence-corrected chi connectivity index (χ2v) is 3.16. The fourth-order valence-electron chi connectivity index (χ4n) is 1.33. The molecule has 0 atom stereocenters. The Labute approximate surface area is 78.0 Å². The number of allylic oxidation sites excluding steroid dienone is 1. The van der Waals surface area contributed by atoms with Crippen LogP contribution in [0.1, 0.15) is 12.5 Å². The zero-order valence-electron chi connectivity index (χ0n) is 7.84. The van der Waals surface area contributed by atoms with Crippen LogP contribution in [0.4, 0.5) is 4.39 Å². The molecule has 0 bridgehead atoms. The summed E-state index contributed by atoms with van der Waals surface area (Å²) in [6.45, 7) is 6.27. The van der Waals surface area contributed by atoms with E-state index in [0.717, 1.165) is 5.57 Å². The highest BCUT2D eigenvalue weighted by Crippen LogP contribution is 2.11. The molecule has 0 saturated heterocycles. The van der Waals surface area contributed by atoms with Crippen molar-refractivity contribution in [1.29, 1.82) is 0 Å². The minimum Gasteiger partial charge on any atom is -0.446 e. The van der Waals surface area contributed by atoms with Crippen molar-refractivity contribution in [2.75, 3.05) is 0 Å². The summed E-state index contributed by atoms with van der Waals surface area (Å²) in [7, 11) is 0. The molecule has 0 radical (unpaired) electrons. The van der Waals surface area contributed by atoms with E-state index >= 15 is 0 Å². The first kappa shape index (κ1) is 10.00. The Balaban J connectivity index is 3.34. The number of hydrogen-bond acceptors (Lipinski definition) is 1. The third-order valence-electron chi connectivity index (χ3n) is 1.93. The van der Waals surface area contributed by atoms with Gasteiger partial charge in [0, 0.05) is 0 Å². The van der Waals surface area contributed by atoms with Crippen LogP contribution in [0.25, 0.3) is 5.57 Å². The molecule has 0 unspecified atom stereocenters. The second kappa shape index (κ2) is 3.75. The Morgan fingerprint density at radius 3 is 2.54 bits per heavy atom. The first-order valence-electron chi connectivity index (χ1n) is 4.16. The molecule has 3 heteroatoms. The molecule has 68 valence electrons. The Kier molecular flexibility index (Phi) is 2.88. The minimum absolute atomic E-state index is 0.329. The van der Waals surface area contributed by atoms with Crippen LogP contribution in [0.15, 0.2) is 24.8 Å². The van der Waals surface area contributed by atoms with Gasteiger partial charge >= 0.3 is 6.92 Å². The highest BCUT2D eigenvalue weighted by molar-refractivity contribution is 6.65. The van der Waals surface area contributed by atoms with E-state index in [9.17, 15) is 9.41 Å². The van der Waals surface area contributed by atoms with Crippen LogP contribution in [0.3, 0.4) is 0 Å². The van der Waals surface area contributed by atoms with Crippen LogP contribution in [-0.2, 0) is 0 Å². The number of halogens is 1. The Morgan fingerprint density at radius 1 is 1.54 bits per heavy atom. The van der Waals surface area contributed by atoms with Gasteiger partial charge in [0.25, 0.3) is 0 Å². The smallest absolute Gasteiger partial charge is 0.323 e. The van der Waals surface area contributed by atoms with Gasteiger partial charge in [-0.15, -0.1) is 0 Å². The summed E-state index contributed by atoms with van der Waals surface area (Å²) in [5.74, 6) is -0.379. The third-order valence-corrected chi connectivity index (χ3v) is 1.93. The monoisotopic (exact) mass is 178 g/mol. The average molecular weight is 178 g/mol. The maximum atomic E-state index is 13.3. The van der Waals surface area contributed by atoms with Crippen molar-refractivity contribution >= 4 is 18.0 Å². The molecule has 0 saturated carbocycles. The molecular weight excluding hydrogens is 166 g/mol. The largest absolute Gasteiger partial charge is 0.446 e. The molecule has 1 N–H and O–H groups in total. The zero-order chi connectivity index (χ0) is 10.0. The zero-order valence-corrected chi connectivity index (χ0v) is 7.84. The predicted molar refractivity (Wildman–Crippen MR) is 54.6 cm³/mol. The lowest BCUT2D eigenvalue weighted by molar-refractivity contribution is 0.584. The summed E-state index contributed by atoms with van der Waals surface area (Å²) in [5.41, 5.74) is 1.78. The molecule has 0 aromatic heterocycles. The summed E-state index contributed by atoms with van der Waals surface area (Å²) >= 11 is 0. The van der Waals surface area contributed by atoms with E-state index < -0.39 is 6.92 Å². The van der Waals surface area contributed by atoms with Gasteiger partial charge in [0.05, 0.1) is 0 Å². The van der Waals surface area contributed by atoms with E-state index in [0.29, 0.717) is 11.0 Å². The fourth-order valence-corrected chi connectivity index (χ4v) is 1.33.